The molecule has 1 aliphatic heterocycles. The Morgan fingerprint density at radius 2 is 2.14 bits per heavy atom. The Morgan fingerprint density at radius 1 is 1.33 bits per heavy atom. The van der Waals surface area contributed by atoms with Gasteiger partial charge in [0.2, 0.25) is 5.28 Å². The molecule has 3 rings (SSSR count). The third-order valence-corrected chi connectivity index (χ3v) is 4.19. The van der Waals surface area contributed by atoms with Crippen molar-refractivity contribution in [3.05, 3.63) is 23.0 Å². The fourth-order valence-electron chi connectivity index (χ4n) is 2.89. The molecule has 0 radical (unpaired) electrons. The van der Waals surface area contributed by atoms with Crippen LogP contribution in [0.3, 0.4) is 0 Å². The molecule has 1 aliphatic rings. The maximum absolute atomic E-state index is 14.3. The standard InChI is InChI=1S/C15H18ClFN4/c1-9-5-3-4-6-21(8-9)14-11-7-18-10(2)12(17)13(11)19-15(16)20-14/h7,9H,3-6,8H2,1-2H3. The fourth-order valence-corrected chi connectivity index (χ4v) is 3.06. The molecule has 1 atom stereocenters. The predicted octanol–water partition coefficient (Wildman–Crippen LogP) is 3.75. The first-order valence-electron chi connectivity index (χ1n) is 7.29. The van der Waals surface area contributed by atoms with Gasteiger partial charge in [-0.25, -0.2) is 9.37 Å². The van der Waals surface area contributed by atoms with Crippen LogP contribution in [0.2, 0.25) is 5.28 Å². The minimum Gasteiger partial charge on any atom is -0.356 e. The molecule has 2 aromatic rings. The predicted molar refractivity (Wildman–Crippen MR) is 82.3 cm³/mol. The van der Waals surface area contributed by atoms with E-state index in [2.05, 4.69) is 26.8 Å². The molecule has 1 fully saturated rings. The van der Waals surface area contributed by atoms with Gasteiger partial charge in [-0.1, -0.05) is 13.3 Å². The van der Waals surface area contributed by atoms with Crippen LogP contribution in [0.5, 0.6) is 0 Å². The van der Waals surface area contributed by atoms with Crippen molar-refractivity contribution >= 4 is 28.3 Å². The second-order valence-electron chi connectivity index (χ2n) is 5.78. The van der Waals surface area contributed by atoms with Crippen molar-refractivity contribution in [3.8, 4) is 0 Å². The largest absolute Gasteiger partial charge is 0.356 e. The summed E-state index contributed by atoms with van der Waals surface area (Å²) >= 11 is 6.01. The van der Waals surface area contributed by atoms with Crippen molar-refractivity contribution in [2.45, 2.75) is 33.1 Å². The maximum Gasteiger partial charge on any atom is 0.225 e. The lowest BCUT2D eigenvalue weighted by atomic mass is 10.1. The number of rotatable bonds is 1. The molecule has 0 N–H and O–H groups in total. The van der Waals surface area contributed by atoms with Crippen LogP contribution in [-0.4, -0.2) is 28.0 Å². The van der Waals surface area contributed by atoms with E-state index in [0.29, 0.717) is 22.8 Å². The Morgan fingerprint density at radius 3 is 2.95 bits per heavy atom. The number of halogens is 2. The van der Waals surface area contributed by atoms with E-state index in [9.17, 15) is 4.39 Å². The van der Waals surface area contributed by atoms with E-state index in [0.717, 1.165) is 19.5 Å². The van der Waals surface area contributed by atoms with Crippen molar-refractivity contribution in [1.29, 1.82) is 0 Å². The van der Waals surface area contributed by atoms with Gasteiger partial charge in [-0.15, -0.1) is 0 Å². The van der Waals surface area contributed by atoms with Gasteiger partial charge < -0.3 is 4.90 Å². The summed E-state index contributed by atoms with van der Waals surface area (Å²) in [6.45, 7) is 5.66. The first-order chi connectivity index (χ1) is 10.1. The third-order valence-electron chi connectivity index (χ3n) is 4.02. The summed E-state index contributed by atoms with van der Waals surface area (Å²) in [5.41, 5.74) is 0.585. The van der Waals surface area contributed by atoms with Gasteiger partial charge in [0, 0.05) is 19.3 Å². The molecule has 0 aliphatic carbocycles. The molecule has 3 heterocycles. The maximum atomic E-state index is 14.3. The summed E-state index contributed by atoms with van der Waals surface area (Å²) in [4.78, 5) is 14.7. The topological polar surface area (TPSA) is 41.9 Å². The molecule has 0 bridgehead atoms. The molecule has 0 saturated carbocycles. The zero-order chi connectivity index (χ0) is 15.0. The molecule has 4 nitrogen and oxygen atoms in total. The highest BCUT2D eigenvalue weighted by Crippen LogP contribution is 2.29. The van der Waals surface area contributed by atoms with Crippen LogP contribution in [-0.2, 0) is 0 Å². The highest BCUT2D eigenvalue weighted by atomic mass is 35.5. The molecule has 2 aromatic heterocycles. The summed E-state index contributed by atoms with van der Waals surface area (Å²) < 4.78 is 14.3. The van der Waals surface area contributed by atoms with E-state index in [-0.39, 0.29) is 10.8 Å². The van der Waals surface area contributed by atoms with Crippen molar-refractivity contribution in [3.63, 3.8) is 0 Å². The monoisotopic (exact) mass is 308 g/mol. The second-order valence-corrected chi connectivity index (χ2v) is 6.12. The number of anilines is 1. The lowest BCUT2D eigenvalue weighted by molar-refractivity contribution is 0.544. The second kappa shape index (κ2) is 5.72. The van der Waals surface area contributed by atoms with Crippen molar-refractivity contribution < 1.29 is 4.39 Å². The molecule has 1 saturated heterocycles. The smallest absolute Gasteiger partial charge is 0.225 e. The lowest BCUT2D eigenvalue weighted by Gasteiger charge is -2.25. The van der Waals surface area contributed by atoms with Crippen LogP contribution in [0.4, 0.5) is 10.2 Å². The van der Waals surface area contributed by atoms with E-state index in [1.807, 2.05) is 0 Å². The van der Waals surface area contributed by atoms with Crippen LogP contribution < -0.4 is 4.90 Å². The molecule has 112 valence electrons. The number of hydrogen-bond acceptors (Lipinski definition) is 4. The number of pyridine rings is 1. The minimum atomic E-state index is -0.416. The zero-order valence-corrected chi connectivity index (χ0v) is 13.0. The molecule has 6 heteroatoms. The Bertz CT molecular complexity index is 676. The molecule has 0 amide bonds. The summed E-state index contributed by atoms with van der Waals surface area (Å²) in [7, 11) is 0. The average molecular weight is 309 g/mol. The summed E-state index contributed by atoms with van der Waals surface area (Å²) in [5.74, 6) is 0.866. The number of fused-ring (bicyclic) bond motifs is 1. The zero-order valence-electron chi connectivity index (χ0n) is 12.2. The summed E-state index contributed by atoms with van der Waals surface area (Å²) in [5, 5.41) is 0.718. The highest BCUT2D eigenvalue weighted by molar-refractivity contribution is 6.28. The van der Waals surface area contributed by atoms with Crippen LogP contribution in [0.1, 0.15) is 31.9 Å². The number of aryl methyl sites for hydroxylation is 1. The van der Waals surface area contributed by atoms with Crippen molar-refractivity contribution in [1.82, 2.24) is 15.0 Å². The third kappa shape index (κ3) is 2.79. The van der Waals surface area contributed by atoms with E-state index < -0.39 is 5.82 Å². The van der Waals surface area contributed by atoms with Gasteiger partial charge in [-0.2, -0.15) is 4.98 Å². The Labute approximate surface area is 128 Å². The van der Waals surface area contributed by atoms with Gasteiger partial charge >= 0.3 is 0 Å². The van der Waals surface area contributed by atoms with Gasteiger partial charge in [0.25, 0.3) is 0 Å². The molecular weight excluding hydrogens is 291 g/mol. The first kappa shape index (κ1) is 14.4. The van der Waals surface area contributed by atoms with Gasteiger partial charge in [0.15, 0.2) is 5.82 Å². The van der Waals surface area contributed by atoms with Crippen LogP contribution in [0.25, 0.3) is 10.9 Å². The van der Waals surface area contributed by atoms with Crippen molar-refractivity contribution in [2.75, 3.05) is 18.0 Å². The normalized spacial score (nSPS) is 19.8. The average Bonchev–Trinajstić information content (AvgIpc) is 2.67. The van der Waals surface area contributed by atoms with Gasteiger partial charge in [0.1, 0.15) is 11.3 Å². The number of aromatic nitrogens is 3. The Hall–Kier alpha value is -1.49. The van der Waals surface area contributed by atoms with Crippen molar-refractivity contribution in [2.24, 2.45) is 5.92 Å². The van der Waals surface area contributed by atoms with E-state index in [4.69, 9.17) is 11.6 Å². The number of hydrogen-bond donors (Lipinski definition) is 0. The quantitative estimate of drug-likeness (QED) is 0.752. The minimum absolute atomic E-state index is 0.0823. The van der Waals surface area contributed by atoms with E-state index >= 15 is 0 Å². The van der Waals surface area contributed by atoms with Gasteiger partial charge in [0.05, 0.1) is 11.1 Å². The molecule has 1 unspecified atom stereocenters. The Balaban J connectivity index is 2.15. The van der Waals surface area contributed by atoms with Crippen LogP contribution in [0.15, 0.2) is 6.20 Å². The number of nitrogens with zero attached hydrogens (tertiary/aromatic N) is 4. The van der Waals surface area contributed by atoms with Crippen LogP contribution in [0, 0.1) is 18.7 Å². The van der Waals surface area contributed by atoms with Crippen LogP contribution >= 0.6 is 11.6 Å². The molecule has 0 aromatic carbocycles. The first-order valence-corrected chi connectivity index (χ1v) is 7.67. The molecule has 0 spiro atoms. The lowest BCUT2D eigenvalue weighted by Crippen LogP contribution is -2.28. The highest BCUT2D eigenvalue weighted by Gasteiger charge is 2.21. The SMILES string of the molecule is Cc1ncc2c(N3CCCCC(C)C3)nc(Cl)nc2c1F. The summed E-state index contributed by atoms with van der Waals surface area (Å²) in [6, 6.07) is 0. The van der Waals surface area contributed by atoms with Gasteiger partial charge in [-0.05, 0) is 37.3 Å². The fraction of sp³-hybridized carbons (Fsp3) is 0.533. The molecule has 21 heavy (non-hydrogen) atoms. The van der Waals surface area contributed by atoms with Gasteiger partial charge in [-0.3, -0.25) is 4.98 Å². The van der Waals surface area contributed by atoms with E-state index in [1.165, 1.54) is 12.8 Å². The molecular formula is C15H18ClFN4. The van der Waals surface area contributed by atoms with E-state index in [1.54, 1.807) is 13.1 Å². The Kier molecular flexibility index (Phi) is 3.93. The summed E-state index contributed by atoms with van der Waals surface area (Å²) in [6.07, 6.45) is 5.17.